The van der Waals surface area contributed by atoms with E-state index in [1.807, 2.05) is 0 Å². The maximum absolute atomic E-state index is 11.6. The number of aromatic amines is 2. The number of fused-ring (bicyclic) bond motifs is 2. The summed E-state index contributed by atoms with van der Waals surface area (Å²) in [7, 11) is 0. The van der Waals surface area contributed by atoms with E-state index in [1.165, 1.54) is 0 Å². The molecule has 2 amide bonds. The zero-order chi connectivity index (χ0) is 16.8. The first-order valence-corrected chi connectivity index (χ1v) is 7.10. The van der Waals surface area contributed by atoms with Gasteiger partial charge in [-0.1, -0.05) is 0 Å². The van der Waals surface area contributed by atoms with Gasteiger partial charge in [-0.25, -0.2) is 4.98 Å². The van der Waals surface area contributed by atoms with Gasteiger partial charge in [-0.2, -0.15) is 5.10 Å². The van der Waals surface area contributed by atoms with E-state index in [-0.39, 0.29) is 5.69 Å². The summed E-state index contributed by atoms with van der Waals surface area (Å²) >= 11 is 0. The molecule has 0 spiro atoms. The van der Waals surface area contributed by atoms with Crippen molar-refractivity contribution in [3.05, 3.63) is 47.9 Å². The Bertz CT molecular complexity index is 1120. The third kappa shape index (κ3) is 2.01. The normalized spacial score (nSPS) is 11.2. The molecular weight excluding hydrogens is 308 g/mol. The van der Waals surface area contributed by atoms with Crippen LogP contribution in [0.15, 0.2) is 36.7 Å². The van der Waals surface area contributed by atoms with Crippen molar-refractivity contribution >= 4 is 33.8 Å². The molecule has 0 atom stereocenters. The van der Waals surface area contributed by atoms with Crippen LogP contribution in [0.2, 0.25) is 0 Å². The first-order valence-electron chi connectivity index (χ1n) is 7.10. The summed E-state index contributed by atoms with van der Waals surface area (Å²) in [6.07, 6.45) is 3.42. The Morgan fingerprint density at radius 1 is 1.00 bits per heavy atom. The summed E-state index contributed by atoms with van der Waals surface area (Å²) in [5, 5.41) is 8.26. The quantitative estimate of drug-likeness (QED) is 0.451. The van der Waals surface area contributed by atoms with Crippen LogP contribution in [0.5, 0.6) is 0 Å². The average molecular weight is 320 g/mol. The fourth-order valence-corrected chi connectivity index (χ4v) is 2.77. The standard InChI is InChI=1S/C16H12N6O2/c17-14(23)7-1-2-12-9(3-7)10(5-19-12)8-4-13(15(18)24)21-16-11(8)6-20-22-16/h1-6,19H,(H2,17,23)(H2,18,24)(H,20,21,22). The van der Waals surface area contributed by atoms with Gasteiger partial charge in [0.1, 0.15) is 5.69 Å². The molecule has 0 aliphatic rings. The number of rotatable bonds is 3. The van der Waals surface area contributed by atoms with E-state index in [9.17, 15) is 9.59 Å². The van der Waals surface area contributed by atoms with Gasteiger partial charge >= 0.3 is 0 Å². The maximum atomic E-state index is 11.6. The van der Waals surface area contributed by atoms with Gasteiger partial charge < -0.3 is 16.5 Å². The molecule has 0 saturated heterocycles. The Morgan fingerprint density at radius 3 is 2.58 bits per heavy atom. The molecule has 0 aliphatic heterocycles. The largest absolute Gasteiger partial charge is 0.366 e. The number of benzene rings is 1. The lowest BCUT2D eigenvalue weighted by Gasteiger charge is -2.05. The predicted molar refractivity (Wildman–Crippen MR) is 88.2 cm³/mol. The van der Waals surface area contributed by atoms with Crippen LogP contribution in [0, 0.1) is 0 Å². The van der Waals surface area contributed by atoms with Crippen molar-refractivity contribution in [3.63, 3.8) is 0 Å². The first kappa shape index (κ1) is 13.9. The summed E-state index contributed by atoms with van der Waals surface area (Å²) in [6, 6.07) is 6.75. The monoisotopic (exact) mass is 320 g/mol. The highest BCUT2D eigenvalue weighted by Crippen LogP contribution is 2.33. The summed E-state index contributed by atoms with van der Waals surface area (Å²) in [4.78, 5) is 30.3. The number of nitrogens with one attached hydrogen (secondary N) is 2. The Balaban J connectivity index is 2.05. The van der Waals surface area contributed by atoms with Crippen LogP contribution >= 0.6 is 0 Å². The van der Waals surface area contributed by atoms with Crippen LogP contribution in [0.4, 0.5) is 0 Å². The van der Waals surface area contributed by atoms with Gasteiger partial charge in [0.2, 0.25) is 5.91 Å². The van der Waals surface area contributed by atoms with Crippen LogP contribution < -0.4 is 11.5 Å². The smallest absolute Gasteiger partial charge is 0.267 e. The Kier molecular flexibility index (Phi) is 2.86. The second-order valence-electron chi connectivity index (χ2n) is 5.38. The summed E-state index contributed by atoms with van der Waals surface area (Å²) in [6.45, 7) is 0. The van der Waals surface area contributed by atoms with Crippen LogP contribution in [0.3, 0.4) is 0 Å². The Hall–Kier alpha value is -3.68. The highest BCUT2D eigenvalue weighted by atomic mass is 16.1. The van der Waals surface area contributed by atoms with Gasteiger partial charge in [0.25, 0.3) is 5.91 Å². The van der Waals surface area contributed by atoms with Crippen molar-refractivity contribution in [2.75, 3.05) is 0 Å². The van der Waals surface area contributed by atoms with E-state index >= 15 is 0 Å². The summed E-state index contributed by atoms with van der Waals surface area (Å²) in [5.74, 6) is -1.14. The second kappa shape index (κ2) is 4.92. The number of carbonyl (C=O) groups excluding carboxylic acids is 2. The molecule has 0 saturated carbocycles. The summed E-state index contributed by atoms with van der Waals surface area (Å²) in [5.41, 5.74) is 14.1. The van der Waals surface area contributed by atoms with Gasteiger partial charge in [-0.3, -0.25) is 14.7 Å². The van der Waals surface area contributed by atoms with Crippen molar-refractivity contribution in [2.24, 2.45) is 11.5 Å². The molecule has 0 unspecified atom stereocenters. The van der Waals surface area contributed by atoms with Gasteiger partial charge in [-0.15, -0.1) is 0 Å². The number of amides is 2. The van der Waals surface area contributed by atoms with E-state index in [0.717, 1.165) is 27.4 Å². The maximum Gasteiger partial charge on any atom is 0.267 e. The molecule has 3 aromatic heterocycles. The molecule has 1 aromatic carbocycles. The third-order valence-corrected chi connectivity index (χ3v) is 3.93. The number of aromatic nitrogens is 4. The van der Waals surface area contributed by atoms with Crippen molar-refractivity contribution in [1.29, 1.82) is 0 Å². The zero-order valence-corrected chi connectivity index (χ0v) is 12.3. The van der Waals surface area contributed by atoms with Crippen molar-refractivity contribution in [1.82, 2.24) is 20.2 Å². The van der Waals surface area contributed by atoms with E-state index in [4.69, 9.17) is 11.5 Å². The van der Waals surface area contributed by atoms with Crippen molar-refractivity contribution < 1.29 is 9.59 Å². The highest BCUT2D eigenvalue weighted by Gasteiger charge is 2.16. The minimum absolute atomic E-state index is 0.127. The van der Waals surface area contributed by atoms with E-state index in [1.54, 1.807) is 36.7 Å². The number of hydrogen-bond acceptors (Lipinski definition) is 4. The summed E-state index contributed by atoms with van der Waals surface area (Å²) < 4.78 is 0. The van der Waals surface area contributed by atoms with Gasteiger partial charge in [-0.05, 0) is 29.8 Å². The van der Waals surface area contributed by atoms with Crippen LogP contribution in [-0.4, -0.2) is 32.0 Å². The number of primary amides is 2. The third-order valence-electron chi connectivity index (χ3n) is 3.93. The number of nitrogens with zero attached hydrogens (tertiary/aromatic N) is 2. The van der Waals surface area contributed by atoms with Crippen molar-refractivity contribution in [3.8, 4) is 11.1 Å². The van der Waals surface area contributed by atoms with Gasteiger partial charge in [0.05, 0.1) is 6.20 Å². The SMILES string of the molecule is NC(=O)c1ccc2[nH]cc(-c3cc(C(N)=O)nc4[nH]ncc34)c2c1. The number of nitrogens with two attached hydrogens (primary N) is 2. The lowest BCUT2D eigenvalue weighted by molar-refractivity contribution is 0.0989. The number of pyridine rings is 1. The molecular formula is C16H12N6O2. The Labute approximate surface area is 134 Å². The fraction of sp³-hybridized carbons (Fsp3) is 0. The lowest BCUT2D eigenvalue weighted by atomic mass is 10.0. The number of hydrogen-bond donors (Lipinski definition) is 4. The van der Waals surface area contributed by atoms with E-state index in [0.29, 0.717) is 11.2 Å². The molecule has 8 heteroatoms. The highest BCUT2D eigenvalue weighted by molar-refractivity contribution is 6.07. The molecule has 24 heavy (non-hydrogen) atoms. The van der Waals surface area contributed by atoms with E-state index in [2.05, 4.69) is 20.2 Å². The topological polar surface area (TPSA) is 144 Å². The molecule has 4 aromatic rings. The number of H-pyrrole nitrogens is 2. The minimum atomic E-state index is -0.634. The molecule has 118 valence electrons. The van der Waals surface area contributed by atoms with E-state index < -0.39 is 11.8 Å². The van der Waals surface area contributed by atoms with Gasteiger partial charge in [0.15, 0.2) is 5.65 Å². The zero-order valence-electron chi connectivity index (χ0n) is 12.3. The lowest BCUT2D eigenvalue weighted by Crippen LogP contribution is -2.13. The first-order chi connectivity index (χ1) is 11.5. The Morgan fingerprint density at radius 2 is 1.83 bits per heavy atom. The molecule has 8 nitrogen and oxygen atoms in total. The van der Waals surface area contributed by atoms with Crippen LogP contribution in [0.1, 0.15) is 20.8 Å². The minimum Gasteiger partial charge on any atom is -0.366 e. The van der Waals surface area contributed by atoms with Crippen LogP contribution in [-0.2, 0) is 0 Å². The molecule has 0 bridgehead atoms. The van der Waals surface area contributed by atoms with Crippen molar-refractivity contribution in [2.45, 2.75) is 0 Å². The average Bonchev–Trinajstić information content (AvgIpc) is 3.19. The molecule has 0 aliphatic carbocycles. The molecule has 0 radical (unpaired) electrons. The number of carbonyl (C=O) groups is 2. The molecule has 3 heterocycles. The van der Waals surface area contributed by atoms with Crippen LogP contribution in [0.25, 0.3) is 33.1 Å². The van der Waals surface area contributed by atoms with Gasteiger partial charge in [0, 0.05) is 33.6 Å². The second-order valence-corrected chi connectivity index (χ2v) is 5.38. The molecule has 4 rings (SSSR count). The molecule has 6 N–H and O–H groups in total. The molecule has 0 fully saturated rings. The fourth-order valence-electron chi connectivity index (χ4n) is 2.77. The predicted octanol–water partition coefficient (Wildman–Crippen LogP) is 1.30.